The summed E-state index contributed by atoms with van der Waals surface area (Å²) in [5.41, 5.74) is 1.86. The molecule has 0 aliphatic carbocycles. The van der Waals surface area contributed by atoms with Crippen molar-refractivity contribution < 1.29 is 9.53 Å². The van der Waals surface area contributed by atoms with Crippen LogP contribution in [0, 0.1) is 6.92 Å². The lowest BCUT2D eigenvalue weighted by Gasteiger charge is -2.35. The maximum atomic E-state index is 12.4. The Hall–Kier alpha value is -2.67. The number of nitrogens with one attached hydrogen (secondary N) is 1. The predicted octanol–water partition coefficient (Wildman–Crippen LogP) is 2.51. The molecule has 1 saturated heterocycles. The number of amides is 1. The van der Waals surface area contributed by atoms with Gasteiger partial charge in [0.15, 0.2) is 0 Å². The van der Waals surface area contributed by atoms with Crippen LogP contribution in [0.15, 0.2) is 30.3 Å². The quantitative estimate of drug-likeness (QED) is 0.792. The van der Waals surface area contributed by atoms with Crippen LogP contribution in [0.25, 0.3) is 0 Å². The number of hydrogen-bond acceptors (Lipinski definition) is 6. The van der Waals surface area contributed by atoms with E-state index in [4.69, 9.17) is 4.74 Å². The normalized spacial score (nSPS) is 14.8. The molecular formula is C21H29N5O2. The zero-order valence-electron chi connectivity index (χ0n) is 16.9. The summed E-state index contributed by atoms with van der Waals surface area (Å²) in [5.74, 6) is 2.61. The number of carbonyl (C=O) groups excluding carboxylic acids is 1. The molecule has 2 heterocycles. The Morgan fingerprint density at radius 2 is 1.82 bits per heavy atom. The summed E-state index contributed by atoms with van der Waals surface area (Å²) in [7, 11) is 0. The minimum absolute atomic E-state index is 0.00348. The van der Waals surface area contributed by atoms with E-state index in [-0.39, 0.29) is 5.91 Å². The Labute approximate surface area is 166 Å². The van der Waals surface area contributed by atoms with Crippen LogP contribution in [0.4, 0.5) is 11.5 Å². The molecule has 0 radical (unpaired) electrons. The molecule has 1 aromatic carbocycles. The average Bonchev–Trinajstić information content (AvgIpc) is 2.69. The van der Waals surface area contributed by atoms with Crippen molar-refractivity contribution in [2.45, 2.75) is 27.2 Å². The highest BCUT2D eigenvalue weighted by atomic mass is 16.5. The second kappa shape index (κ2) is 9.50. The minimum atomic E-state index is 0.00348. The fraction of sp³-hybridized carbons (Fsp3) is 0.476. The molecule has 150 valence electrons. The van der Waals surface area contributed by atoms with Crippen LogP contribution >= 0.6 is 0 Å². The third-order valence-electron chi connectivity index (χ3n) is 4.75. The molecule has 1 aromatic heterocycles. The van der Waals surface area contributed by atoms with Gasteiger partial charge in [0.2, 0.25) is 5.91 Å². The van der Waals surface area contributed by atoms with Gasteiger partial charge in [-0.1, -0.05) is 6.92 Å². The Morgan fingerprint density at radius 1 is 1.11 bits per heavy atom. The third kappa shape index (κ3) is 5.42. The van der Waals surface area contributed by atoms with Crippen molar-refractivity contribution in [3.8, 4) is 5.75 Å². The molecular weight excluding hydrogens is 354 g/mol. The van der Waals surface area contributed by atoms with Gasteiger partial charge in [-0.25, -0.2) is 9.97 Å². The Bertz CT molecular complexity index is 786. The highest BCUT2D eigenvalue weighted by Gasteiger charge is 2.20. The number of anilines is 2. The molecule has 0 atom stereocenters. The Balaban J connectivity index is 1.48. The van der Waals surface area contributed by atoms with E-state index in [9.17, 15) is 4.79 Å². The largest absolute Gasteiger partial charge is 0.494 e. The molecule has 7 heteroatoms. The van der Waals surface area contributed by atoms with Crippen molar-refractivity contribution in [2.24, 2.45) is 0 Å². The van der Waals surface area contributed by atoms with Crippen molar-refractivity contribution in [1.29, 1.82) is 0 Å². The zero-order valence-corrected chi connectivity index (χ0v) is 16.9. The molecule has 0 bridgehead atoms. The smallest absolute Gasteiger partial charge is 0.238 e. The summed E-state index contributed by atoms with van der Waals surface area (Å²) in [4.78, 5) is 25.8. The second-order valence-corrected chi connectivity index (χ2v) is 6.89. The molecule has 1 fully saturated rings. The fourth-order valence-corrected chi connectivity index (χ4v) is 3.30. The summed E-state index contributed by atoms with van der Waals surface area (Å²) in [6.45, 7) is 10.4. The molecule has 7 nitrogen and oxygen atoms in total. The van der Waals surface area contributed by atoms with Gasteiger partial charge in [0.05, 0.1) is 13.2 Å². The molecule has 0 unspecified atom stereocenters. The van der Waals surface area contributed by atoms with Crippen LogP contribution in [0.5, 0.6) is 5.75 Å². The Kier molecular flexibility index (Phi) is 6.81. The van der Waals surface area contributed by atoms with E-state index < -0.39 is 0 Å². The third-order valence-corrected chi connectivity index (χ3v) is 4.75. The lowest BCUT2D eigenvalue weighted by molar-refractivity contribution is -0.117. The Morgan fingerprint density at radius 3 is 2.46 bits per heavy atom. The number of ether oxygens (including phenoxy) is 1. The van der Waals surface area contributed by atoms with E-state index in [1.165, 1.54) is 0 Å². The predicted molar refractivity (Wildman–Crippen MR) is 111 cm³/mol. The summed E-state index contributed by atoms with van der Waals surface area (Å²) < 4.78 is 5.42. The number of carbonyl (C=O) groups is 1. The van der Waals surface area contributed by atoms with Gasteiger partial charge in [-0.05, 0) is 44.5 Å². The standard InChI is InChI=1S/C21H29N5O2/c1-4-17-14-20(23-16(3)22-17)26-12-10-25(11-13-26)15-21(27)24-18-6-8-19(9-7-18)28-5-2/h6-9,14H,4-5,10-13,15H2,1-3H3,(H,24,27). The maximum Gasteiger partial charge on any atom is 0.238 e. The number of aryl methyl sites for hydroxylation is 2. The maximum absolute atomic E-state index is 12.4. The molecule has 0 saturated carbocycles. The summed E-state index contributed by atoms with van der Waals surface area (Å²) in [5, 5.41) is 2.95. The minimum Gasteiger partial charge on any atom is -0.494 e. The molecule has 28 heavy (non-hydrogen) atoms. The first-order chi connectivity index (χ1) is 13.6. The average molecular weight is 383 g/mol. The molecule has 1 N–H and O–H groups in total. The molecule has 1 amide bonds. The first-order valence-electron chi connectivity index (χ1n) is 9.92. The van der Waals surface area contributed by atoms with Crippen molar-refractivity contribution in [1.82, 2.24) is 14.9 Å². The summed E-state index contributed by atoms with van der Waals surface area (Å²) in [6, 6.07) is 9.53. The van der Waals surface area contributed by atoms with Crippen LogP contribution < -0.4 is 15.0 Å². The van der Waals surface area contributed by atoms with Gasteiger partial charge in [0.1, 0.15) is 17.4 Å². The first kappa shape index (κ1) is 20.1. The highest BCUT2D eigenvalue weighted by molar-refractivity contribution is 5.92. The zero-order chi connectivity index (χ0) is 19.9. The fourth-order valence-electron chi connectivity index (χ4n) is 3.30. The van der Waals surface area contributed by atoms with Crippen LogP contribution in [-0.2, 0) is 11.2 Å². The number of rotatable bonds is 7. The number of benzene rings is 1. The van der Waals surface area contributed by atoms with Gasteiger partial charge < -0.3 is 15.0 Å². The topological polar surface area (TPSA) is 70.6 Å². The van der Waals surface area contributed by atoms with Crippen molar-refractivity contribution in [3.05, 3.63) is 41.9 Å². The van der Waals surface area contributed by atoms with E-state index in [2.05, 4.69) is 38.1 Å². The van der Waals surface area contributed by atoms with Gasteiger partial charge in [-0.3, -0.25) is 9.69 Å². The van der Waals surface area contributed by atoms with E-state index >= 15 is 0 Å². The lowest BCUT2D eigenvalue weighted by atomic mass is 10.2. The van der Waals surface area contributed by atoms with E-state index in [1.807, 2.05) is 38.1 Å². The van der Waals surface area contributed by atoms with Crippen LogP contribution in [-0.4, -0.2) is 60.1 Å². The van der Waals surface area contributed by atoms with Crippen molar-refractivity contribution >= 4 is 17.4 Å². The number of nitrogens with zero attached hydrogens (tertiary/aromatic N) is 4. The van der Waals surface area contributed by atoms with Gasteiger partial charge in [-0.15, -0.1) is 0 Å². The lowest BCUT2D eigenvalue weighted by Crippen LogP contribution is -2.49. The summed E-state index contributed by atoms with van der Waals surface area (Å²) >= 11 is 0. The molecule has 1 aliphatic rings. The molecule has 0 spiro atoms. The molecule has 1 aliphatic heterocycles. The van der Waals surface area contributed by atoms with Crippen LogP contribution in [0.1, 0.15) is 25.4 Å². The van der Waals surface area contributed by atoms with Crippen molar-refractivity contribution in [3.63, 3.8) is 0 Å². The molecule has 2 aromatic rings. The summed E-state index contributed by atoms with van der Waals surface area (Å²) in [6.07, 6.45) is 0.905. The van der Waals surface area contributed by atoms with Crippen LogP contribution in [0.3, 0.4) is 0 Å². The monoisotopic (exact) mass is 383 g/mol. The highest BCUT2D eigenvalue weighted by Crippen LogP contribution is 2.17. The molecule has 3 rings (SSSR count). The van der Waals surface area contributed by atoms with Gasteiger partial charge in [0, 0.05) is 43.6 Å². The van der Waals surface area contributed by atoms with Gasteiger partial charge in [-0.2, -0.15) is 0 Å². The SMILES string of the molecule is CCOc1ccc(NC(=O)CN2CCN(c3cc(CC)nc(C)n3)CC2)cc1. The van der Waals surface area contributed by atoms with E-state index in [1.54, 1.807) is 0 Å². The number of piperazine rings is 1. The van der Waals surface area contributed by atoms with Gasteiger partial charge >= 0.3 is 0 Å². The van der Waals surface area contributed by atoms with E-state index in [0.717, 1.165) is 61.4 Å². The second-order valence-electron chi connectivity index (χ2n) is 6.89. The number of aromatic nitrogens is 2. The number of hydrogen-bond donors (Lipinski definition) is 1. The van der Waals surface area contributed by atoms with E-state index in [0.29, 0.717) is 13.2 Å². The first-order valence-corrected chi connectivity index (χ1v) is 9.92. The van der Waals surface area contributed by atoms with Crippen LogP contribution in [0.2, 0.25) is 0 Å². The van der Waals surface area contributed by atoms with Crippen molar-refractivity contribution in [2.75, 3.05) is 49.5 Å². The van der Waals surface area contributed by atoms with Gasteiger partial charge in [0.25, 0.3) is 0 Å².